The van der Waals surface area contributed by atoms with Crippen LogP contribution in [0.1, 0.15) is 0 Å². The fourth-order valence-corrected chi connectivity index (χ4v) is 3.69. The van der Waals surface area contributed by atoms with Gasteiger partial charge in [-0.2, -0.15) is 22.0 Å². The average Bonchev–Trinajstić information content (AvgIpc) is 2.62. The van der Waals surface area contributed by atoms with Crippen molar-refractivity contribution in [3.63, 3.8) is 0 Å². The topological polar surface area (TPSA) is 41.9 Å². The van der Waals surface area contributed by atoms with Crippen molar-refractivity contribution in [3.8, 4) is 11.1 Å². The third-order valence-electron chi connectivity index (χ3n) is 3.93. The number of benzene rings is 1. The molecular formula is C17H16N4S. The molecule has 3 heterocycles. The van der Waals surface area contributed by atoms with Crippen LogP contribution in [0.3, 0.4) is 0 Å². The first-order chi connectivity index (χ1) is 10.9. The van der Waals surface area contributed by atoms with Crippen LogP contribution in [-0.2, 0) is 0 Å². The second-order valence-corrected chi connectivity index (χ2v) is 6.51. The molecule has 110 valence electrons. The number of nitrogens with zero attached hydrogens (tertiary/aromatic N) is 4. The van der Waals surface area contributed by atoms with E-state index in [-0.39, 0.29) is 0 Å². The van der Waals surface area contributed by atoms with E-state index in [0.29, 0.717) is 0 Å². The van der Waals surface area contributed by atoms with E-state index in [1.165, 1.54) is 11.1 Å². The maximum absolute atomic E-state index is 4.80. The van der Waals surface area contributed by atoms with E-state index in [0.717, 1.165) is 41.3 Å². The van der Waals surface area contributed by atoms with Crippen molar-refractivity contribution in [2.45, 2.75) is 0 Å². The number of rotatable bonds is 2. The summed E-state index contributed by atoms with van der Waals surface area (Å²) in [6, 6.07) is 12.6. The molecule has 0 bridgehead atoms. The van der Waals surface area contributed by atoms with Crippen LogP contribution in [0.15, 0.2) is 48.8 Å². The summed E-state index contributed by atoms with van der Waals surface area (Å²) in [5.74, 6) is 3.36. The molecular weight excluding hydrogens is 292 g/mol. The first kappa shape index (κ1) is 13.5. The Hall–Kier alpha value is -2.14. The molecule has 0 unspecified atom stereocenters. The number of thioether (sulfide) groups is 1. The van der Waals surface area contributed by atoms with Gasteiger partial charge in [-0.3, -0.25) is 0 Å². The molecule has 1 saturated heterocycles. The smallest absolute Gasteiger partial charge is 0.129 e. The fraction of sp³-hybridized carbons (Fsp3) is 0.235. The predicted octanol–water partition coefficient (Wildman–Crippen LogP) is 3.25. The molecule has 0 N–H and O–H groups in total. The normalized spacial score (nSPS) is 15.2. The van der Waals surface area contributed by atoms with E-state index in [2.05, 4.69) is 45.4 Å². The Balaban J connectivity index is 1.89. The SMILES string of the molecule is c1ccc(-c2cc(N3CCSCC3)nc3cnncc23)cc1. The number of hydrogen-bond acceptors (Lipinski definition) is 5. The molecule has 0 radical (unpaired) electrons. The van der Waals surface area contributed by atoms with Crippen LogP contribution in [0.2, 0.25) is 0 Å². The van der Waals surface area contributed by atoms with Gasteiger partial charge in [-0.05, 0) is 17.2 Å². The molecule has 5 heteroatoms. The molecule has 0 atom stereocenters. The molecule has 0 aliphatic carbocycles. The molecule has 22 heavy (non-hydrogen) atoms. The Kier molecular flexibility index (Phi) is 3.64. The van der Waals surface area contributed by atoms with Crippen molar-refractivity contribution in [2.75, 3.05) is 29.5 Å². The molecule has 0 spiro atoms. The minimum atomic E-state index is 0.907. The van der Waals surface area contributed by atoms with Crippen LogP contribution in [0.25, 0.3) is 22.0 Å². The third-order valence-corrected chi connectivity index (χ3v) is 4.87. The van der Waals surface area contributed by atoms with E-state index >= 15 is 0 Å². The maximum Gasteiger partial charge on any atom is 0.129 e. The summed E-state index contributed by atoms with van der Waals surface area (Å²) in [7, 11) is 0. The summed E-state index contributed by atoms with van der Waals surface area (Å²) in [6.45, 7) is 2.10. The lowest BCUT2D eigenvalue weighted by Gasteiger charge is -2.28. The molecule has 1 aromatic carbocycles. The molecule has 0 saturated carbocycles. The fourth-order valence-electron chi connectivity index (χ4n) is 2.78. The Morgan fingerprint density at radius 3 is 2.55 bits per heavy atom. The van der Waals surface area contributed by atoms with Gasteiger partial charge in [0.05, 0.1) is 17.9 Å². The van der Waals surface area contributed by atoms with Gasteiger partial charge in [-0.1, -0.05) is 30.3 Å². The van der Waals surface area contributed by atoms with Gasteiger partial charge in [0.1, 0.15) is 5.82 Å². The highest BCUT2D eigenvalue weighted by Crippen LogP contribution is 2.31. The number of fused-ring (bicyclic) bond motifs is 1. The molecule has 2 aromatic heterocycles. The summed E-state index contributed by atoms with van der Waals surface area (Å²) in [4.78, 5) is 7.16. The summed E-state index contributed by atoms with van der Waals surface area (Å²) in [5.41, 5.74) is 3.27. The second kappa shape index (κ2) is 5.93. The zero-order valence-corrected chi connectivity index (χ0v) is 13.0. The Bertz CT molecular complexity index is 785. The van der Waals surface area contributed by atoms with Crippen molar-refractivity contribution in [3.05, 3.63) is 48.8 Å². The largest absolute Gasteiger partial charge is 0.355 e. The summed E-state index contributed by atoms with van der Waals surface area (Å²) in [5, 5.41) is 9.09. The predicted molar refractivity (Wildman–Crippen MR) is 92.3 cm³/mol. The molecule has 4 nitrogen and oxygen atoms in total. The van der Waals surface area contributed by atoms with Crippen LogP contribution in [0.4, 0.5) is 5.82 Å². The van der Waals surface area contributed by atoms with Gasteiger partial charge in [0.15, 0.2) is 0 Å². The first-order valence-corrected chi connectivity index (χ1v) is 8.57. The number of anilines is 1. The highest BCUT2D eigenvalue weighted by Gasteiger charge is 2.15. The number of pyridine rings is 1. The van der Waals surface area contributed by atoms with Crippen molar-refractivity contribution in [2.24, 2.45) is 0 Å². The highest BCUT2D eigenvalue weighted by molar-refractivity contribution is 7.99. The van der Waals surface area contributed by atoms with Gasteiger partial charge in [-0.25, -0.2) is 4.98 Å². The van der Waals surface area contributed by atoms with E-state index in [4.69, 9.17) is 4.98 Å². The molecule has 1 fully saturated rings. The van der Waals surface area contributed by atoms with E-state index in [1.807, 2.05) is 17.8 Å². The van der Waals surface area contributed by atoms with Gasteiger partial charge < -0.3 is 4.90 Å². The van der Waals surface area contributed by atoms with Crippen molar-refractivity contribution >= 4 is 28.5 Å². The van der Waals surface area contributed by atoms with Crippen LogP contribution in [-0.4, -0.2) is 39.8 Å². The Morgan fingerprint density at radius 1 is 0.955 bits per heavy atom. The van der Waals surface area contributed by atoms with Gasteiger partial charge in [0, 0.05) is 30.0 Å². The van der Waals surface area contributed by atoms with Crippen LogP contribution >= 0.6 is 11.8 Å². The van der Waals surface area contributed by atoms with Crippen LogP contribution in [0, 0.1) is 0 Å². The molecule has 1 aliphatic heterocycles. The van der Waals surface area contributed by atoms with E-state index in [9.17, 15) is 0 Å². The summed E-state index contributed by atoms with van der Waals surface area (Å²) >= 11 is 2.01. The lowest BCUT2D eigenvalue weighted by atomic mass is 10.0. The highest BCUT2D eigenvalue weighted by atomic mass is 32.2. The number of hydrogen-bond donors (Lipinski definition) is 0. The minimum Gasteiger partial charge on any atom is -0.355 e. The quantitative estimate of drug-likeness (QED) is 0.727. The van der Waals surface area contributed by atoms with Crippen molar-refractivity contribution in [1.29, 1.82) is 0 Å². The standard InChI is InChI=1S/C17H16N4S/c1-2-4-13(5-3-1)14-10-17(21-6-8-22-9-7-21)20-16-12-19-18-11-15(14)16/h1-5,10-12H,6-9H2. The zero-order valence-electron chi connectivity index (χ0n) is 12.1. The molecule has 0 amide bonds. The summed E-state index contributed by atoms with van der Waals surface area (Å²) in [6.07, 6.45) is 3.56. The maximum atomic E-state index is 4.80. The minimum absolute atomic E-state index is 0.907. The second-order valence-electron chi connectivity index (χ2n) is 5.28. The number of aromatic nitrogens is 3. The molecule has 3 aromatic rings. The Morgan fingerprint density at radius 2 is 1.73 bits per heavy atom. The molecule has 1 aliphatic rings. The van der Waals surface area contributed by atoms with E-state index < -0.39 is 0 Å². The van der Waals surface area contributed by atoms with Crippen molar-refractivity contribution in [1.82, 2.24) is 15.2 Å². The van der Waals surface area contributed by atoms with Gasteiger partial charge in [-0.15, -0.1) is 0 Å². The van der Waals surface area contributed by atoms with Gasteiger partial charge >= 0.3 is 0 Å². The monoisotopic (exact) mass is 308 g/mol. The van der Waals surface area contributed by atoms with Crippen LogP contribution < -0.4 is 4.90 Å². The lowest BCUT2D eigenvalue weighted by Crippen LogP contribution is -2.33. The first-order valence-electron chi connectivity index (χ1n) is 7.41. The van der Waals surface area contributed by atoms with Gasteiger partial charge in [0.25, 0.3) is 0 Å². The lowest BCUT2D eigenvalue weighted by molar-refractivity contribution is 0.842. The van der Waals surface area contributed by atoms with Gasteiger partial charge in [0.2, 0.25) is 0 Å². The van der Waals surface area contributed by atoms with E-state index in [1.54, 1.807) is 12.4 Å². The molecule has 4 rings (SSSR count). The third kappa shape index (κ3) is 2.52. The zero-order chi connectivity index (χ0) is 14.8. The van der Waals surface area contributed by atoms with Crippen molar-refractivity contribution < 1.29 is 0 Å². The average molecular weight is 308 g/mol. The summed E-state index contributed by atoms with van der Waals surface area (Å²) < 4.78 is 0. The van der Waals surface area contributed by atoms with Crippen LogP contribution in [0.5, 0.6) is 0 Å². The Labute approximate surface area is 133 Å².